The van der Waals surface area contributed by atoms with Crippen LogP contribution in [0, 0.1) is 5.92 Å². The first kappa shape index (κ1) is 11.8. The molecule has 0 radical (unpaired) electrons. The van der Waals surface area contributed by atoms with Gasteiger partial charge in [-0.05, 0) is 31.4 Å². The molecule has 0 spiro atoms. The van der Waals surface area contributed by atoms with Crippen LogP contribution in [-0.2, 0) is 11.3 Å². The van der Waals surface area contributed by atoms with Crippen molar-refractivity contribution in [2.75, 3.05) is 13.2 Å². The SMILES string of the molecule is CC(NCc1cc2ccccc2o1)C1CCOC1. The van der Waals surface area contributed by atoms with E-state index >= 15 is 0 Å². The van der Waals surface area contributed by atoms with E-state index < -0.39 is 0 Å². The van der Waals surface area contributed by atoms with Crippen molar-refractivity contribution in [2.45, 2.75) is 25.9 Å². The maximum absolute atomic E-state index is 5.79. The smallest absolute Gasteiger partial charge is 0.134 e. The van der Waals surface area contributed by atoms with Crippen molar-refractivity contribution < 1.29 is 9.15 Å². The second-order valence-corrected chi connectivity index (χ2v) is 5.04. The average molecular weight is 245 g/mol. The molecule has 1 aliphatic heterocycles. The number of hydrogen-bond donors (Lipinski definition) is 1. The van der Waals surface area contributed by atoms with Gasteiger partial charge >= 0.3 is 0 Å². The van der Waals surface area contributed by atoms with Gasteiger partial charge in [0.15, 0.2) is 0 Å². The van der Waals surface area contributed by atoms with Gasteiger partial charge in [-0.1, -0.05) is 18.2 Å². The number of nitrogens with one attached hydrogen (secondary N) is 1. The summed E-state index contributed by atoms with van der Waals surface area (Å²) in [5.74, 6) is 1.64. The number of hydrogen-bond acceptors (Lipinski definition) is 3. The van der Waals surface area contributed by atoms with Crippen LogP contribution in [0.25, 0.3) is 11.0 Å². The van der Waals surface area contributed by atoms with E-state index in [-0.39, 0.29) is 0 Å². The van der Waals surface area contributed by atoms with Gasteiger partial charge in [0.05, 0.1) is 13.2 Å². The van der Waals surface area contributed by atoms with E-state index in [9.17, 15) is 0 Å². The molecule has 1 aliphatic rings. The number of furan rings is 1. The third kappa shape index (κ3) is 2.42. The Kier molecular flexibility index (Phi) is 3.35. The minimum absolute atomic E-state index is 0.473. The van der Waals surface area contributed by atoms with Crippen molar-refractivity contribution in [3.63, 3.8) is 0 Å². The van der Waals surface area contributed by atoms with E-state index in [0.29, 0.717) is 12.0 Å². The first-order valence-electron chi connectivity index (χ1n) is 6.61. The molecular weight excluding hydrogens is 226 g/mol. The Morgan fingerprint density at radius 3 is 3.06 bits per heavy atom. The second-order valence-electron chi connectivity index (χ2n) is 5.04. The summed E-state index contributed by atoms with van der Waals surface area (Å²) in [5, 5.41) is 4.70. The monoisotopic (exact) mass is 245 g/mol. The minimum Gasteiger partial charge on any atom is -0.460 e. The van der Waals surface area contributed by atoms with Crippen molar-refractivity contribution in [3.05, 3.63) is 36.1 Å². The number of ether oxygens (including phenoxy) is 1. The Balaban J connectivity index is 1.62. The summed E-state index contributed by atoms with van der Waals surface area (Å²) >= 11 is 0. The fraction of sp³-hybridized carbons (Fsp3) is 0.467. The van der Waals surface area contributed by atoms with Gasteiger partial charge in [-0.15, -0.1) is 0 Å². The predicted molar refractivity (Wildman–Crippen MR) is 71.4 cm³/mol. The highest BCUT2D eigenvalue weighted by Crippen LogP contribution is 2.20. The Morgan fingerprint density at radius 1 is 1.39 bits per heavy atom. The molecule has 3 heteroatoms. The Labute approximate surface area is 107 Å². The van der Waals surface area contributed by atoms with Crippen molar-refractivity contribution in [2.24, 2.45) is 5.92 Å². The fourth-order valence-corrected chi connectivity index (χ4v) is 2.50. The topological polar surface area (TPSA) is 34.4 Å². The Hall–Kier alpha value is -1.32. The van der Waals surface area contributed by atoms with Crippen LogP contribution >= 0.6 is 0 Å². The van der Waals surface area contributed by atoms with Crippen LogP contribution in [0.3, 0.4) is 0 Å². The number of benzene rings is 1. The van der Waals surface area contributed by atoms with Crippen LogP contribution in [0.15, 0.2) is 34.7 Å². The molecule has 1 N–H and O–H groups in total. The van der Waals surface area contributed by atoms with Crippen LogP contribution < -0.4 is 5.32 Å². The van der Waals surface area contributed by atoms with Crippen molar-refractivity contribution in [1.29, 1.82) is 0 Å². The van der Waals surface area contributed by atoms with Crippen LogP contribution in [-0.4, -0.2) is 19.3 Å². The molecule has 0 amide bonds. The molecule has 1 saturated heterocycles. The molecule has 0 saturated carbocycles. The van der Waals surface area contributed by atoms with Crippen molar-refractivity contribution in [1.82, 2.24) is 5.32 Å². The van der Waals surface area contributed by atoms with E-state index in [4.69, 9.17) is 9.15 Å². The highest BCUT2D eigenvalue weighted by molar-refractivity contribution is 5.77. The van der Waals surface area contributed by atoms with Gasteiger partial charge in [-0.2, -0.15) is 0 Å². The Morgan fingerprint density at radius 2 is 2.28 bits per heavy atom. The number of rotatable bonds is 4. The van der Waals surface area contributed by atoms with Gasteiger partial charge in [0.2, 0.25) is 0 Å². The van der Waals surface area contributed by atoms with E-state index in [2.05, 4.69) is 24.4 Å². The van der Waals surface area contributed by atoms with Crippen LogP contribution in [0.4, 0.5) is 0 Å². The number of fused-ring (bicyclic) bond motifs is 1. The van der Waals surface area contributed by atoms with Gasteiger partial charge in [0.1, 0.15) is 11.3 Å². The minimum atomic E-state index is 0.473. The molecule has 1 aromatic heterocycles. The summed E-state index contributed by atoms with van der Waals surface area (Å²) < 4.78 is 11.2. The second kappa shape index (κ2) is 5.12. The average Bonchev–Trinajstić information content (AvgIpc) is 3.04. The normalized spacial score (nSPS) is 21.5. The summed E-state index contributed by atoms with van der Waals surface area (Å²) in [6.07, 6.45) is 1.16. The van der Waals surface area contributed by atoms with Crippen LogP contribution in [0.2, 0.25) is 0 Å². The van der Waals surface area contributed by atoms with Crippen molar-refractivity contribution >= 4 is 11.0 Å². The third-order valence-corrected chi connectivity index (χ3v) is 3.75. The zero-order valence-electron chi connectivity index (χ0n) is 10.7. The van der Waals surface area contributed by atoms with E-state index in [1.54, 1.807) is 0 Å². The van der Waals surface area contributed by atoms with Gasteiger partial charge in [-0.25, -0.2) is 0 Å². The zero-order chi connectivity index (χ0) is 12.4. The molecule has 96 valence electrons. The first-order chi connectivity index (χ1) is 8.83. The van der Waals surface area contributed by atoms with Gasteiger partial charge in [-0.3, -0.25) is 0 Å². The lowest BCUT2D eigenvalue weighted by atomic mass is 10.0. The quantitative estimate of drug-likeness (QED) is 0.899. The molecule has 18 heavy (non-hydrogen) atoms. The van der Waals surface area contributed by atoms with E-state index in [1.165, 1.54) is 5.39 Å². The maximum Gasteiger partial charge on any atom is 0.134 e. The van der Waals surface area contributed by atoms with Crippen LogP contribution in [0.5, 0.6) is 0 Å². The molecule has 2 atom stereocenters. The van der Waals surface area contributed by atoms with Gasteiger partial charge in [0, 0.05) is 18.0 Å². The molecule has 0 bridgehead atoms. The fourth-order valence-electron chi connectivity index (χ4n) is 2.50. The molecule has 0 aliphatic carbocycles. The predicted octanol–water partition coefficient (Wildman–Crippen LogP) is 2.95. The first-order valence-corrected chi connectivity index (χ1v) is 6.61. The van der Waals surface area contributed by atoms with E-state index in [0.717, 1.165) is 37.5 Å². The molecule has 2 unspecified atom stereocenters. The molecular formula is C15H19NO2. The highest BCUT2D eigenvalue weighted by Gasteiger charge is 2.21. The van der Waals surface area contributed by atoms with Crippen molar-refractivity contribution in [3.8, 4) is 0 Å². The lowest BCUT2D eigenvalue weighted by Crippen LogP contribution is -2.33. The largest absolute Gasteiger partial charge is 0.460 e. The van der Waals surface area contributed by atoms with E-state index in [1.807, 2.05) is 18.2 Å². The summed E-state index contributed by atoms with van der Waals surface area (Å²) in [6.45, 7) is 4.80. The van der Waals surface area contributed by atoms with Gasteiger partial charge in [0.25, 0.3) is 0 Å². The lowest BCUT2D eigenvalue weighted by molar-refractivity contribution is 0.178. The van der Waals surface area contributed by atoms with Gasteiger partial charge < -0.3 is 14.5 Å². The van der Waals surface area contributed by atoms with Crippen LogP contribution in [0.1, 0.15) is 19.1 Å². The molecule has 1 aromatic carbocycles. The highest BCUT2D eigenvalue weighted by atomic mass is 16.5. The summed E-state index contributed by atoms with van der Waals surface area (Å²) in [6, 6.07) is 10.7. The third-order valence-electron chi connectivity index (χ3n) is 3.75. The molecule has 2 heterocycles. The maximum atomic E-state index is 5.79. The Bertz CT molecular complexity index is 481. The zero-order valence-corrected chi connectivity index (χ0v) is 10.7. The molecule has 3 rings (SSSR count). The molecule has 2 aromatic rings. The lowest BCUT2D eigenvalue weighted by Gasteiger charge is -2.18. The summed E-state index contributed by atoms with van der Waals surface area (Å²) in [5.41, 5.74) is 0.964. The standard InChI is InChI=1S/C15H19NO2/c1-11(13-6-7-17-10-13)16-9-14-8-12-4-2-3-5-15(12)18-14/h2-5,8,11,13,16H,6-7,9-10H2,1H3. The molecule has 1 fully saturated rings. The summed E-state index contributed by atoms with van der Waals surface area (Å²) in [7, 11) is 0. The molecule has 3 nitrogen and oxygen atoms in total. The number of para-hydroxylation sites is 1. The summed E-state index contributed by atoms with van der Waals surface area (Å²) in [4.78, 5) is 0.